The summed E-state index contributed by atoms with van der Waals surface area (Å²) in [6.07, 6.45) is 3.58. The summed E-state index contributed by atoms with van der Waals surface area (Å²) in [4.78, 5) is 12.1. The van der Waals surface area contributed by atoms with Crippen LogP contribution in [0.3, 0.4) is 0 Å². The van der Waals surface area contributed by atoms with Crippen molar-refractivity contribution in [3.8, 4) is 11.1 Å². The van der Waals surface area contributed by atoms with Crippen molar-refractivity contribution in [2.45, 2.75) is 6.54 Å². The zero-order valence-corrected chi connectivity index (χ0v) is 11.4. The second-order valence-electron chi connectivity index (χ2n) is 4.73. The van der Waals surface area contributed by atoms with E-state index >= 15 is 0 Å². The number of carbonyl (C=O) groups excluding carboxylic acids is 1. The number of H-pyrrole nitrogens is 1. The van der Waals surface area contributed by atoms with Crippen LogP contribution >= 0.6 is 0 Å². The molecule has 0 bridgehead atoms. The topological polar surface area (TPSA) is 57.8 Å². The molecule has 1 amide bonds. The number of nitrogens with zero attached hydrogens (tertiary/aromatic N) is 1. The number of nitrogens with one attached hydrogen (secondary N) is 2. The van der Waals surface area contributed by atoms with Gasteiger partial charge in [-0.15, -0.1) is 0 Å². The first-order chi connectivity index (χ1) is 10.3. The molecule has 0 atom stereocenters. The first-order valence-electron chi connectivity index (χ1n) is 6.74. The lowest BCUT2D eigenvalue weighted by Gasteiger charge is -2.06. The quantitative estimate of drug-likeness (QED) is 0.770. The minimum Gasteiger partial charge on any atom is -0.348 e. The highest BCUT2D eigenvalue weighted by atomic mass is 16.1. The molecular formula is C17H15N3O. The largest absolute Gasteiger partial charge is 0.348 e. The van der Waals surface area contributed by atoms with E-state index in [2.05, 4.69) is 15.5 Å². The van der Waals surface area contributed by atoms with Gasteiger partial charge in [-0.2, -0.15) is 5.10 Å². The fourth-order valence-electron chi connectivity index (χ4n) is 2.10. The first kappa shape index (κ1) is 13.1. The lowest BCUT2D eigenvalue weighted by molar-refractivity contribution is 0.0951. The monoisotopic (exact) mass is 277 g/mol. The van der Waals surface area contributed by atoms with Gasteiger partial charge in [-0.1, -0.05) is 42.5 Å². The van der Waals surface area contributed by atoms with Crippen molar-refractivity contribution in [2.24, 2.45) is 0 Å². The Bertz CT molecular complexity index is 704. The summed E-state index contributed by atoms with van der Waals surface area (Å²) < 4.78 is 0. The van der Waals surface area contributed by atoms with E-state index in [1.165, 1.54) is 0 Å². The van der Waals surface area contributed by atoms with Crippen molar-refractivity contribution in [1.29, 1.82) is 0 Å². The van der Waals surface area contributed by atoms with Crippen molar-refractivity contribution >= 4 is 5.91 Å². The van der Waals surface area contributed by atoms with Gasteiger partial charge in [0.05, 0.1) is 6.20 Å². The van der Waals surface area contributed by atoms with E-state index in [4.69, 9.17) is 0 Å². The van der Waals surface area contributed by atoms with Crippen molar-refractivity contribution in [3.05, 3.63) is 78.1 Å². The van der Waals surface area contributed by atoms with Crippen molar-refractivity contribution in [2.75, 3.05) is 0 Å². The summed E-state index contributed by atoms with van der Waals surface area (Å²) in [5.74, 6) is -0.0717. The lowest BCUT2D eigenvalue weighted by atomic mass is 10.1. The van der Waals surface area contributed by atoms with E-state index in [-0.39, 0.29) is 5.91 Å². The van der Waals surface area contributed by atoms with Gasteiger partial charge in [-0.25, -0.2) is 0 Å². The van der Waals surface area contributed by atoms with E-state index in [1.807, 2.05) is 60.8 Å². The number of aromatic amines is 1. The van der Waals surface area contributed by atoms with Crippen LogP contribution < -0.4 is 5.32 Å². The van der Waals surface area contributed by atoms with Crippen LogP contribution in [0.1, 0.15) is 15.9 Å². The third kappa shape index (κ3) is 3.17. The Hall–Kier alpha value is -2.88. The summed E-state index contributed by atoms with van der Waals surface area (Å²) in [5, 5.41) is 9.60. The molecule has 0 aliphatic rings. The maximum Gasteiger partial charge on any atom is 0.251 e. The Morgan fingerprint density at radius 1 is 1.00 bits per heavy atom. The van der Waals surface area contributed by atoms with Crippen LogP contribution in [-0.2, 0) is 6.54 Å². The van der Waals surface area contributed by atoms with Crippen LogP contribution in [0.4, 0.5) is 0 Å². The fraction of sp³-hybridized carbons (Fsp3) is 0.0588. The predicted octanol–water partition coefficient (Wildman–Crippen LogP) is 3.01. The van der Waals surface area contributed by atoms with Gasteiger partial charge in [0.15, 0.2) is 0 Å². The van der Waals surface area contributed by atoms with Gasteiger partial charge in [0.25, 0.3) is 5.91 Å². The smallest absolute Gasteiger partial charge is 0.251 e. The second-order valence-corrected chi connectivity index (χ2v) is 4.73. The third-order valence-corrected chi connectivity index (χ3v) is 3.27. The summed E-state index contributed by atoms with van der Waals surface area (Å²) in [7, 11) is 0. The molecule has 0 aliphatic carbocycles. The Balaban J connectivity index is 1.65. The van der Waals surface area contributed by atoms with E-state index in [9.17, 15) is 4.79 Å². The highest BCUT2D eigenvalue weighted by molar-refractivity contribution is 5.94. The molecule has 0 radical (unpaired) electrons. The molecule has 0 unspecified atom stereocenters. The molecule has 0 spiro atoms. The number of amides is 1. The summed E-state index contributed by atoms with van der Waals surface area (Å²) in [6.45, 7) is 0.531. The van der Waals surface area contributed by atoms with E-state index in [0.717, 1.165) is 16.7 Å². The number of carbonyl (C=O) groups is 1. The van der Waals surface area contributed by atoms with Crippen LogP contribution in [0.15, 0.2) is 67.0 Å². The maximum atomic E-state index is 12.1. The Morgan fingerprint density at radius 2 is 1.76 bits per heavy atom. The van der Waals surface area contributed by atoms with E-state index < -0.39 is 0 Å². The Morgan fingerprint density at radius 3 is 2.43 bits per heavy atom. The molecule has 1 heterocycles. The SMILES string of the molecule is O=C(NCc1ccccc1)c1ccc(-c2cn[nH]c2)cc1. The zero-order valence-electron chi connectivity index (χ0n) is 11.4. The molecule has 3 aromatic rings. The van der Waals surface area contributed by atoms with E-state index in [0.29, 0.717) is 12.1 Å². The first-order valence-corrected chi connectivity index (χ1v) is 6.74. The molecule has 0 saturated heterocycles. The van der Waals surface area contributed by atoms with Gasteiger partial charge in [0.1, 0.15) is 0 Å². The molecule has 4 nitrogen and oxygen atoms in total. The van der Waals surface area contributed by atoms with Crippen molar-refractivity contribution in [1.82, 2.24) is 15.5 Å². The van der Waals surface area contributed by atoms with Gasteiger partial charge in [0, 0.05) is 23.9 Å². The minimum atomic E-state index is -0.0717. The molecule has 0 aliphatic heterocycles. The Labute approximate surface area is 122 Å². The molecule has 2 N–H and O–H groups in total. The van der Waals surface area contributed by atoms with Crippen LogP contribution in [0.25, 0.3) is 11.1 Å². The van der Waals surface area contributed by atoms with Crippen LogP contribution in [0.2, 0.25) is 0 Å². The second kappa shape index (κ2) is 6.05. The summed E-state index contributed by atoms with van der Waals surface area (Å²) in [6, 6.07) is 17.3. The number of benzene rings is 2. The number of rotatable bonds is 4. The minimum absolute atomic E-state index is 0.0717. The standard InChI is InChI=1S/C17H15N3O/c21-17(18-10-13-4-2-1-3-5-13)15-8-6-14(7-9-15)16-11-19-20-12-16/h1-9,11-12H,10H2,(H,18,21)(H,19,20). The summed E-state index contributed by atoms with van der Waals surface area (Å²) in [5.41, 5.74) is 3.77. The molecule has 104 valence electrons. The summed E-state index contributed by atoms with van der Waals surface area (Å²) >= 11 is 0. The van der Waals surface area contributed by atoms with Gasteiger partial charge in [-0.3, -0.25) is 9.89 Å². The molecular weight excluding hydrogens is 262 g/mol. The maximum absolute atomic E-state index is 12.1. The van der Waals surface area contributed by atoms with Gasteiger partial charge >= 0.3 is 0 Å². The number of hydrogen-bond donors (Lipinski definition) is 2. The van der Waals surface area contributed by atoms with Gasteiger partial charge < -0.3 is 5.32 Å². The lowest BCUT2D eigenvalue weighted by Crippen LogP contribution is -2.22. The highest BCUT2D eigenvalue weighted by Gasteiger charge is 2.06. The average Bonchev–Trinajstić information content (AvgIpc) is 3.08. The third-order valence-electron chi connectivity index (χ3n) is 3.27. The van der Waals surface area contributed by atoms with Gasteiger partial charge in [0.2, 0.25) is 0 Å². The molecule has 0 saturated carbocycles. The molecule has 1 aromatic heterocycles. The zero-order chi connectivity index (χ0) is 14.5. The Kier molecular flexibility index (Phi) is 3.78. The van der Waals surface area contributed by atoms with Crippen LogP contribution in [-0.4, -0.2) is 16.1 Å². The number of aromatic nitrogens is 2. The highest BCUT2D eigenvalue weighted by Crippen LogP contribution is 2.17. The number of hydrogen-bond acceptors (Lipinski definition) is 2. The van der Waals surface area contributed by atoms with E-state index in [1.54, 1.807) is 6.20 Å². The molecule has 2 aromatic carbocycles. The molecule has 0 fully saturated rings. The predicted molar refractivity (Wildman–Crippen MR) is 81.6 cm³/mol. The van der Waals surface area contributed by atoms with Crippen LogP contribution in [0.5, 0.6) is 0 Å². The van der Waals surface area contributed by atoms with Gasteiger partial charge in [-0.05, 0) is 23.3 Å². The molecule has 4 heteroatoms. The normalized spacial score (nSPS) is 10.3. The molecule has 3 rings (SSSR count). The average molecular weight is 277 g/mol. The molecule has 21 heavy (non-hydrogen) atoms. The van der Waals surface area contributed by atoms with Crippen LogP contribution in [0, 0.1) is 0 Å². The fourth-order valence-corrected chi connectivity index (χ4v) is 2.10. The van der Waals surface area contributed by atoms with Crippen molar-refractivity contribution in [3.63, 3.8) is 0 Å². The van der Waals surface area contributed by atoms with Crippen molar-refractivity contribution < 1.29 is 4.79 Å².